The fourth-order valence-electron chi connectivity index (χ4n) is 2.26. The maximum atomic E-state index is 11.7. The van der Waals surface area contributed by atoms with E-state index in [-0.39, 0.29) is 11.6 Å². The molecule has 0 bridgehead atoms. The van der Waals surface area contributed by atoms with Crippen molar-refractivity contribution in [2.24, 2.45) is 5.73 Å². The van der Waals surface area contributed by atoms with E-state index in [1.54, 1.807) is 4.90 Å². The monoisotopic (exact) mass is 233 g/mol. The van der Waals surface area contributed by atoms with E-state index in [1.165, 1.54) is 0 Å². The Kier molecular flexibility index (Phi) is 3.07. The van der Waals surface area contributed by atoms with Crippen molar-refractivity contribution in [1.82, 2.24) is 10.2 Å². The zero-order valence-corrected chi connectivity index (χ0v) is 10.4. The first kappa shape index (κ1) is 11.9. The van der Waals surface area contributed by atoms with Crippen molar-refractivity contribution in [2.75, 3.05) is 13.6 Å². The molecule has 1 heterocycles. The third-order valence-electron chi connectivity index (χ3n) is 3.74. The second kappa shape index (κ2) is 4.37. The first-order valence-electron chi connectivity index (χ1n) is 5.89. The Morgan fingerprint density at radius 2 is 2.06 bits per heavy atom. The molecule has 4 nitrogen and oxygen atoms in total. The number of carbonyl (C=O) groups is 1. The summed E-state index contributed by atoms with van der Waals surface area (Å²) in [5.74, 6) is 0. The van der Waals surface area contributed by atoms with Crippen molar-refractivity contribution in [3.05, 3.63) is 35.4 Å². The number of amides is 2. The third kappa shape index (κ3) is 2.00. The highest BCUT2D eigenvalue weighted by Gasteiger charge is 2.37. The van der Waals surface area contributed by atoms with Crippen LogP contribution < -0.4 is 11.1 Å². The molecule has 17 heavy (non-hydrogen) atoms. The Labute approximate surface area is 102 Å². The van der Waals surface area contributed by atoms with Crippen LogP contribution in [0.1, 0.15) is 24.5 Å². The van der Waals surface area contributed by atoms with Crippen LogP contribution in [0.2, 0.25) is 0 Å². The molecule has 1 aromatic rings. The summed E-state index contributed by atoms with van der Waals surface area (Å²) >= 11 is 0. The topological polar surface area (TPSA) is 58.4 Å². The fourth-order valence-corrected chi connectivity index (χ4v) is 2.26. The lowest BCUT2D eigenvalue weighted by Gasteiger charge is -2.43. The number of hydrogen-bond donors (Lipinski definition) is 2. The number of nitrogens with one attached hydrogen (secondary N) is 1. The van der Waals surface area contributed by atoms with Gasteiger partial charge in [-0.25, -0.2) is 4.79 Å². The van der Waals surface area contributed by atoms with Gasteiger partial charge in [0.05, 0.1) is 5.54 Å². The predicted octanol–water partition coefficient (Wildman–Crippen LogP) is 1.41. The quantitative estimate of drug-likeness (QED) is 0.811. The lowest BCUT2D eigenvalue weighted by molar-refractivity contribution is 0.117. The molecule has 2 rings (SSSR count). The maximum Gasteiger partial charge on any atom is 0.317 e. The molecule has 0 aliphatic carbocycles. The van der Waals surface area contributed by atoms with Crippen LogP contribution in [0.5, 0.6) is 0 Å². The summed E-state index contributed by atoms with van der Waals surface area (Å²) in [6.45, 7) is 3.37. The van der Waals surface area contributed by atoms with Gasteiger partial charge in [-0.1, -0.05) is 24.3 Å². The lowest BCUT2D eigenvalue weighted by atomic mass is 9.85. The zero-order valence-electron chi connectivity index (χ0n) is 10.4. The average Bonchev–Trinajstić information content (AvgIpc) is 2.36. The molecule has 1 aromatic carbocycles. The zero-order chi connectivity index (χ0) is 12.5. The summed E-state index contributed by atoms with van der Waals surface area (Å²) in [4.78, 5) is 13.5. The van der Waals surface area contributed by atoms with Gasteiger partial charge in [0.15, 0.2) is 0 Å². The van der Waals surface area contributed by atoms with E-state index in [2.05, 4.69) is 24.4 Å². The standard InChI is InChI=1S/C13H19N3O/c1-13(7-8-15-12(17)16(13)2)11-5-3-10(9-14)4-6-11/h3-6H,7-9,14H2,1-2H3,(H,15,17). The van der Waals surface area contributed by atoms with Gasteiger partial charge in [0.25, 0.3) is 0 Å². The smallest absolute Gasteiger partial charge is 0.317 e. The van der Waals surface area contributed by atoms with Crippen molar-refractivity contribution >= 4 is 6.03 Å². The van der Waals surface area contributed by atoms with E-state index in [4.69, 9.17) is 5.73 Å². The van der Waals surface area contributed by atoms with Crippen molar-refractivity contribution in [3.63, 3.8) is 0 Å². The van der Waals surface area contributed by atoms with Crippen molar-refractivity contribution in [3.8, 4) is 0 Å². The molecular formula is C13H19N3O. The Balaban J connectivity index is 2.32. The van der Waals surface area contributed by atoms with Crippen molar-refractivity contribution < 1.29 is 4.79 Å². The van der Waals surface area contributed by atoms with Gasteiger partial charge in [-0.15, -0.1) is 0 Å². The molecule has 0 saturated carbocycles. The highest BCUT2D eigenvalue weighted by molar-refractivity contribution is 5.76. The number of urea groups is 1. The molecule has 4 heteroatoms. The summed E-state index contributed by atoms with van der Waals surface area (Å²) in [5, 5.41) is 2.85. The number of benzene rings is 1. The van der Waals surface area contributed by atoms with Crippen LogP contribution in [0.4, 0.5) is 4.79 Å². The summed E-state index contributed by atoms with van der Waals surface area (Å²) in [7, 11) is 1.84. The minimum atomic E-state index is -0.227. The molecule has 0 aromatic heterocycles. The molecule has 1 aliphatic heterocycles. The molecule has 0 spiro atoms. The van der Waals surface area contributed by atoms with Gasteiger partial charge in [0.2, 0.25) is 0 Å². The molecule has 92 valence electrons. The van der Waals surface area contributed by atoms with Crippen LogP contribution in [0.15, 0.2) is 24.3 Å². The number of rotatable bonds is 2. The molecule has 1 fully saturated rings. The van der Waals surface area contributed by atoms with Gasteiger partial charge in [0, 0.05) is 20.1 Å². The number of nitrogens with two attached hydrogens (primary N) is 1. The van der Waals surface area contributed by atoms with E-state index >= 15 is 0 Å². The van der Waals surface area contributed by atoms with Gasteiger partial charge < -0.3 is 16.0 Å². The van der Waals surface area contributed by atoms with Crippen molar-refractivity contribution in [2.45, 2.75) is 25.4 Å². The first-order chi connectivity index (χ1) is 8.08. The molecule has 1 unspecified atom stereocenters. The van der Waals surface area contributed by atoms with E-state index in [0.717, 1.165) is 24.1 Å². The molecule has 3 N–H and O–H groups in total. The van der Waals surface area contributed by atoms with Crippen LogP contribution in [0.3, 0.4) is 0 Å². The van der Waals surface area contributed by atoms with E-state index in [0.29, 0.717) is 6.54 Å². The second-order valence-corrected chi connectivity index (χ2v) is 4.72. The van der Waals surface area contributed by atoms with Crippen LogP contribution >= 0.6 is 0 Å². The fraction of sp³-hybridized carbons (Fsp3) is 0.462. The minimum Gasteiger partial charge on any atom is -0.338 e. The molecular weight excluding hydrogens is 214 g/mol. The van der Waals surface area contributed by atoms with Gasteiger partial charge in [-0.3, -0.25) is 0 Å². The summed E-state index contributed by atoms with van der Waals surface area (Å²) in [6.07, 6.45) is 0.914. The SMILES string of the molecule is CN1C(=O)NCCC1(C)c1ccc(CN)cc1. The second-order valence-electron chi connectivity index (χ2n) is 4.72. The number of nitrogens with zero attached hydrogens (tertiary/aromatic N) is 1. The Morgan fingerprint density at radius 3 is 2.65 bits per heavy atom. The van der Waals surface area contributed by atoms with E-state index < -0.39 is 0 Å². The number of hydrogen-bond acceptors (Lipinski definition) is 2. The van der Waals surface area contributed by atoms with Gasteiger partial charge in [-0.2, -0.15) is 0 Å². The predicted molar refractivity (Wildman–Crippen MR) is 67.5 cm³/mol. The van der Waals surface area contributed by atoms with Crippen molar-refractivity contribution in [1.29, 1.82) is 0 Å². The van der Waals surface area contributed by atoms with Gasteiger partial charge >= 0.3 is 6.03 Å². The molecule has 1 saturated heterocycles. The Hall–Kier alpha value is -1.55. The van der Waals surface area contributed by atoms with E-state index in [1.807, 2.05) is 19.2 Å². The van der Waals surface area contributed by atoms with Crippen LogP contribution in [0.25, 0.3) is 0 Å². The third-order valence-corrected chi connectivity index (χ3v) is 3.74. The first-order valence-corrected chi connectivity index (χ1v) is 5.89. The molecule has 1 aliphatic rings. The highest BCUT2D eigenvalue weighted by Crippen LogP contribution is 2.32. The Morgan fingerprint density at radius 1 is 1.41 bits per heavy atom. The lowest BCUT2D eigenvalue weighted by Crippen LogP contribution is -2.55. The van der Waals surface area contributed by atoms with Crippen LogP contribution in [-0.4, -0.2) is 24.5 Å². The van der Waals surface area contributed by atoms with Gasteiger partial charge in [-0.05, 0) is 24.5 Å². The highest BCUT2D eigenvalue weighted by atomic mass is 16.2. The average molecular weight is 233 g/mol. The molecule has 2 amide bonds. The molecule has 1 atom stereocenters. The normalized spacial score (nSPS) is 24.6. The van der Waals surface area contributed by atoms with Crippen LogP contribution in [0, 0.1) is 0 Å². The van der Waals surface area contributed by atoms with Crippen LogP contribution in [-0.2, 0) is 12.1 Å². The largest absolute Gasteiger partial charge is 0.338 e. The summed E-state index contributed by atoms with van der Waals surface area (Å²) in [6, 6.07) is 8.18. The summed E-state index contributed by atoms with van der Waals surface area (Å²) in [5.41, 5.74) is 7.63. The maximum absolute atomic E-state index is 11.7. The number of carbonyl (C=O) groups excluding carboxylic acids is 1. The summed E-state index contributed by atoms with van der Waals surface area (Å²) < 4.78 is 0. The molecule has 0 radical (unpaired) electrons. The minimum absolute atomic E-state index is 0.0124. The Bertz CT molecular complexity index is 415. The van der Waals surface area contributed by atoms with Gasteiger partial charge in [0.1, 0.15) is 0 Å². The van der Waals surface area contributed by atoms with E-state index in [9.17, 15) is 4.79 Å².